The van der Waals surface area contributed by atoms with Crippen molar-refractivity contribution in [1.82, 2.24) is 10.6 Å². The first kappa shape index (κ1) is 19.4. The minimum atomic E-state index is -0.658. The molecule has 0 fully saturated rings. The topological polar surface area (TPSA) is 58.2 Å². The maximum absolute atomic E-state index is 12.5. The average molecular weight is 385 g/mol. The Morgan fingerprint density at radius 1 is 0.963 bits per heavy atom. The zero-order valence-electron chi connectivity index (χ0n) is 15.7. The molecule has 4 nitrogen and oxygen atoms in total. The normalized spacial score (nSPS) is 15.4. The lowest BCUT2D eigenvalue weighted by Gasteiger charge is -2.22. The number of hydrogen-bond acceptors (Lipinski definition) is 2. The van der Waals surface area contributed by atoms with Crippen LogP contribution in [0.4, 0.5) is 0 Å². The average Bonchev–Trinajstić information content (AvgIpc) is 2.67. The molecule has 0 saturated carbocycles. The summed E-state index contributed by atoms with van der Waals surface area (Å²) in [5.74, 6) is -0.578. The number of amides is 2. The van der Waals surface area contributed by atoms with Gasteiger partial charge in [0.25, 0.3) is 5.91 Å². The lowest BCUT2D eigenvalue weighted by atomic mass is 9.89. The molecule has 2 amide bonds. The molecule has 5 heteroatoms. The van der Waals surface area contributed by atoms with Crippen LogP contribution in [0.15, 0.2) is 42.5 Å². The number of halogens is 1. The standard InChI is InChI=1S/C22H25ClN2O2/c1-14(17-12-11-16-7-3-4-8-18(16)13-17)24-21(26)15(2)25-22(27)19-9-5-6-10-20(19)23/h5-6,9-15H,3-4,7-8H2,1-2H3,(H,24,26)(H,25,27)/t14?,15-/m0/s1. The highest BCUT2D eigenvalue weighted by Gasteiger charge is 2.20. The van der Waals surface area contributed by atoms with Gasteiger partial charge in [0.15, 0.2) is 0 Å². The third-order valence-corrected chi connectivity index (χ3v) is 5.42. The molecule has 27 heavy (non-hydrogen) atoms. The number of hydrogen-bond donors (Lipinski definition) is 2. The first-order valence-corrected chi connectivity index (χ1v) is 9.81. The second-order valence-electron chi connectivity index (χ2n) is 7.14. The Balaban J connectivity index is 1.60. The largest absolute Gasteiger partial charge is 0.348 e. The first-order valence-electron chi connectivity index (χ1n) is 9.43. The van der Waals surface area contributed by atoms with Crippen LogP contribution in [0.5, 0.6) is 0 Å². The molecule has 0 saturated heterocycles. The second-order valence-corrected chi connectivity index (χ2v) is 7.55. The highest BCUT2D eigenvalue weighted by atomic mass is 35.5. The number of carbonyl (C=O) groups is 2. The molecule has 2 aromatic carbocycles. The van der Waals surface area contributed by atoms with Gasteiger partial charge in [-0.1, -0.05) is 41.9 Å². The molecule has 0 aliphatic heterocycles. The SMILES string of the molecule is CC(NC(=O)[C@H](C)NC(=O)c1ccccc1Cl)c1ccc2c(c1)CCCC2. The van der Waals surface area contributed by atoms with Gasteiger partial charge >= 0.3 is 0 Å². The van der Waals surface area contributed by atoms with Gasteiger partial charge in [0.2, 0.25) is 5.91 Å². The van der Waals surface area contributed by atoms with Crippen molar-refractivity contribution in [3.05, 3.63) is 69.7 Å². The van der Waals surface area contributed by atoms with E-state index in [1.54, 1.807) is 31.2 Å². The summed E-state index contributed by atoms with van der Waals surface area (Å²) >= 11 is 6.04. The molecule has 2 N–H and O–H groups in total. The number of carbonyl (C=O) groups excluding carboxylic acids is 2. The van der Waals surface area contributed by atoms with E-state index in [-0.39, 0.29) is 17.9 Å². The molecule has 0 bridgehead atoms. The fourth-order valence-corrected chi connectivity index (χ4v) is 3.65. The fourth-order valence-electron chi connectivity index (χ4n) is 3.43. The summed E-state index contributed by atoms with van der Waals surface area (Å²) in [6, 6.07) is 12.5. The van der Waals surface area contributed by atoms with Crippen molar-refractivity contribution in [3.63, 3.8) is 0 Å². The van der Waals surface area contributed by atoms with Gasteiger partial charge in [-0.05, 0) is 68.4 Å². The summed E-state index contributed by atoms with van der Waals surface area (Å²) in [4.78, 5) is 24.8. The third kappa shape index (κ3) is 4.69. The summed E-state index contributed by atoms with van der Waals surface area (Å²) in [6.45, 7) is 3.63. The quantitative estimate of drug-likeness (QED) is 0.811. The van der Waals surface area contributed by atoms with E-state index in [0.29, 0.717) is 10.6 Å². The maximum Gasteiger partial charge on any atom is 0.253 e. The minimum absolute atomic E-state index is 0.121. The van der Waals surface area contributed by atoms with Gasteiger partial charge in [-0.15, -0.1) is 0 Å². The van der Waals surface area contributed by atoms with Gasteiger partial charge in [-0.2, -0.15) is 0 Å². The van der Waals surface area contributed by atoms with Crippen molar-refractivity contribution < 1.29 is 9.59 Å². The predicted octanol–water partition coefficient (Wildman–Crippen LogP) is 4.21. The predicted molar refractivity (Wildman–Crippen MR) is 108 cm³/mol. The molecule has 0 heterocycles. The monoisotopic (exact) mass is 384 g/mol. The van der Waals surface area contributed by atoms with Crippen LogP contribution in [-0.4, -0.2) is 17.9 Å². The molecule has 0 spiro atoms. The zero-order chi connectivity index (χ0) is 19.4. The van der Waals surface area contributed by atoms with E-state index in [1.165, 1.54) is 24.0 Å². The molecule has 2 aromatic rings. The molecule has 2 atom stereocenters. The number of nitrogens with one attached hydrogen (secondary N) is 2. The summed E-state index contributed by atoms with van der Waals surface area (Å²) in [5.41, 5.74) is 4.26. The maximum atomic E-state index is 12.5. The van der Waals surface area contributed by atoms with E-state index >= 15 is 0 Å². The Hall–Kier alpha value is -2.33. The van der Waals surface area contributed by atoms with Gasteiger partial charge in [0.1, 0.15) is 6.04 Å². The Morgan fingerprint density at radius 2 is 1.67 bits per heavy atom. The molecule has 1 aliphatic carbocycles. The molecule has 142 valence electrons. The van der Waals surface area contributed by atoms with Crippen molar-refractivity contribution in [1.29, 1.82) is 0 Å². The van der Waals surface area contributed by atoms with Crippen molar-refractivity contribution >= 4 is 23.4 Å². The Morgan fingerprint density at radius 3 is 2.41 bits per heavy atom. The third-order valence-electron chi connectivity index (χ3n) is 5.09. The van der Waals surface area contributed by atoms with Gasteiger partial charge in [-0.3, -0.25) is 9.59 Å². The van der Waals surface area contributed by atoms with E-state index in [9.17, 15) is 9.59 Å². The van der Waals surface area contributed by atoms with E-state index in [1.807, 2.05) is 6.92 Å². The van der Waals surface area contributed by atoms with Gasteiger partial charge < -0.3 is 10.6 Å². The summed E-state index contributed by atoms with van der Waals surface area (Å²) < 4.78 is 0. The minimum Gasteiger partial charge on any atom is -0.348 e. The van der Waals surface area contributed by atoms with Gasteiger partial charge in [-0.25, -0.2) is 0 Å². The zero-order valence-corrected chi connectivity index (χ0v) is 16.5. The smallest absolute Gasteiger partial charge is 0.253 e. The van der Waals surface area contributed by atoms with Crippen molar-refractivity contribution in [2.24, 2.45) is 0 Å². The highest BCUT2D eigenvalue weighted by molar-refractivity contribution is 6.33. The van der Waals surface area contributed by atoms with E-state index in [4.69, 9.17) is 11.6 Å². The Kier molecular flexibility index (Phi) is 6.17. The molecule has 0 aromatic heterocycles. The van der Waals surface area contributed by atoms with Crippen LogP contribution in [0.2, 0.25) is 5.02 Å². The Labute approximate surface area is 165 Å². The van der Waals surface area contributed by atoms with Crippen LogP contribution >= 0.6 is 11.6 Å². The van der Waals surface area contributed by atoms with E-state index in [2.05, 4.69) is 28.8 Å². The molecular weight excluding hydrogens is 360 g/mol. The van der Waals surface area contributed by atoms with Crippen LogP contribution in [0, 0.1) is 0 Å². The van der Waals surface area contributed by atoms with E-state index in [0.717, 1.165) is 18.4 Å². The number of fused-ring (bicyclic) bond motifs is 1. The number of aryl methyl sites for hydroxylation is 2. The number of rotatable bonds is 5. The molecule has 0 radical (unpaired) electrons. The Bertz CT molecular complexity index is 850. The van der Waals surface area contributed by atoms with Gasteiger partial charge in [0, 0.05) is 0 Å². The van der Waals surface area contributed by atoms with Crippen LogP contribution in [-0.2, 0) is 17.6 Å². The highest BCUT2D eigenvalue weighted by Crippen LogP contribution is 2.24. The second kappa shape index (κ2) is 8.57. The van der Waals surface area contributed by atoms with Crippen molar-refractivity contribution in [3.8, 4) is 0 Å². The molecular formula is C22H25ClN2O2. The van der Waals surface area contributed by atoms with Crippen LogP contribution in [0.1, 0.15) is 59.8 Å². The lowest BCUT2D eigenvalue weighted by molar-refractivity contribution is -0.123. The summed E-state index contributed by atoms with van der Waals surface area (Å²) in [5, 5.41) is 6.06. The van der Waals surface area contributed by atoms with Crippen molar-refractivity contribution in [2.75, 3.05) is 0 Å². The van der Waals surface area contributed by atoms with Crippen LogP contribution in [0.25, 0.3) is 0 Å². The molecule has 1 aliphatic rings. The number of benzene rings is 2. The van der Waals surface area contributed by atoms with Gasteiger partial charge in [0.05, 0.1) is 16.6 Å². The van der Waals surface area contributed by atoms with Crippen LogP contribution in [0.3, 0.4) is 0 Å². The first-order chi connectivity index (χ1) is 13.0. The lowest BCUT2D eigenvalue weighted by Crippen LogP contribution is -2.45. The fraction of sp³-hybridized carbons (Fsp3) is 0.364. The molecule has 3 rings (SSSR count). The molecule has 1 unspecified atom stereocenters. The van der Waals surface area contributed by atoms with Crippen LogP contribution < -0.4 is 10.6 Å². The summed E-state index contributed by atoms with van der Waals surface area (Å²) in [7, 11) is 0. The van der Waals surface area contributed by atoms with Crippen molar-refractivity contribution in [2.45, 2.75) is 51.6 Å². The van der Waals surface area contributed by atoms with E-state index < -0.39 is 6.04 Å². The summed E-state index contributed by atoms with van der Waals surface area (Å²) in [6.07, 6.45) is 4.72.